The Morgan fingerprint density at radius 1 is 1.11 bits per heavy atom. The first-order chi connectivity index (χ1) is 12.7. The van der Waals surface area contributed by atoms with Gasteiger partial charge in [0.05, 0.1) is 26.2 Å². The molecular formula is C19H24N2O5S. The lowest BCUT2D eigenvalue weighted by atomic mass is 10.1. The third-order valence-corrected chi connectivity index (χ3v) is 5.35. The van der Waals surface area contributed by atoms with E-state index >= 15 is 0 Å². The number of aryl methyl sites for hydroxylation is 1. The highest BCUT2D eigenvalue weighted by Gasteiger charge is 2.24. The van der Waals surface area contributed by atoms with Crippen molar-refractivity contribution < 1.29 is 22.7 Å². The predicted molar refractivity (Wildman–Crippen MR) is 106 cm³/mol. The highest BCUT2D eigenvalue weighted by molar-refractivity contribution is 7.92. The minimum absolute atomic E-state index is 0.261. The second kappa shape index (κ2) is 8.30. The normalized spacial score (nSPS) is 11.0. The average Bonchev–Trinajstić information content (AvgIpc) is 2.62. The van der Waals surface area contributed by atoms with Crippen LogP contribution in [0.2, 0.25) is 0 Å². The van der Waals surface area contributed by atoms with Crippen molar-refractivity contribution in [3.05, 3.63) is 47.5 Å². The molecule has 1 amide bonds. The van der Waals surface area contributed by atoms with Crippen molar-refractivity contribution in [1.29, 1.82) is 0 Å². The molecule has 0 bridgehead atoms. The molecule has 0 aliphatic heterocycles. The Bertz CT molecular complexity index is 941. The molecule has 0 heterocycles. The number of sulfonamides is 1. The summed E-state index contributed by atoms with van der Waals surface area (Å²) in [7, 11) is -0.798. The molecule has 0 aromatic heterocycles. The number of benzene rings is 2. The lowest BCUT2D eigenvalue weighted by Crippen LogP contribution is -2.37. The van der Waals surface area contributed by atoms with Crippen LogP contribution in [0.5, 0.6) is 11.5 Å². The molecule has 8 heteroatoms. The number of hydrogen-bond donors (Lipinski definition) is 1. The quantitative estimate of drug-likeness (QED) is 0.783. The van der Waals surface area contributed by atoms with E-state index < -0.39 is 15.9 Å². The molecule has 146 valence electrons. The summed E-state index contributed by atoms with van der Waals surface area (Å²) in [6, 6.07) is 10.3. The Morgan fingerprint density at radius 2 is 1.81 bits per heavy atom. The molecule has 0 fully saturated rings. The fourth-order valence-electron chi connectivity index (χ4n) is 2.58. The van der Waals surface area contributed by atoms with Gasteiger partial charge in [-0.05, 0) is 43.2 Å². The summed E-state index contributed by atoms with van der Waals surface area (Å²) < 4.78 is 36.1. The van der Waals surface area contributed by atoms with Gasteiger partial charge in [0.25, 0.3) is 0 Å². The smallest absolute Gasteiger partial charge is 0.245 e. The van der Waals surface area contributed by atoms with Crippen molar-refractivity contribution in [2.24, 2.45) is 0 Å². The molecule has 0 radical (unpaired) electrons. The van der Waals surface area contributed by atoms with Crippen LogP contribution in [0.25, 0.3) is 0 Å². The first kappa shape index (κ1) is 20.6. The maximum absolute atomic E-state index is 12.5. The summed E-state index contributed by atoms with van der Waals surface area (Å²) in [4.78, 5) is 12.5. The fourth-order valence-corrected chi connectivity index (χ4v) is 3.44. The van der Waals surface area contributed by atoms with Crippen LogP contribution >= 0.6 is 0 Å². The van der Waals surface area contributed by atoms with Gasteiger partial charge in [0.15, 0.2) is 0 Å². The Kier molecular flexibility index (Phi) is 6.32. The van der Waals surface area contributed by atoms with Crippen LogP contribution in [0.3, 0.4) is 0 Å². The third-order valence-electron chi connectivity index (χ3n) is 4.22. The molecular weight excluding hydrogens is 368 g/mol. The lowest BCUT2D eigenvalue weighted by Gasteiger charge is -2.24. The van der Waals surface area contributed by atoms with E-state index in [0.29, 0.717) is 17.2 Å². The van der Waals surface area contributed by atoms with Crippen LogP contribution in [0.4, 0.5) is 11.4 Å². The molecule has 2 aromatic rings. The van der Waals surface area contributed by atoms with Crippen molar-refractivity contribution in [3.8, 4) is 11.5 Å². The summed E-state index contributed by atoms with van der Waals surface area (Å²) in [5, 5.41) is 2.77. The van der Waals surface area contributed by atoms with Gasteiger partial charge in [0, 0.05) is 11.8 Å². The monoisotopic (exact) mass is 392 g/mol. The molecule has 0 spiro atoms. The minimum atomic E-state index is -3.72. The Morgan fingerprint density at radius 3 is 2.41 bits per heavy atom. The summed E-state index contributed by atoms with van der Waals surface area (Å²) in [5.74, 6) is 0.357. The molecule has 0 aliphatic rings. The zero-order valence-corrected chi connectivity index (χ0v) is 16.9. The number of amides is 1. The molecule has 0 aliphatic carbocycles. The molecule has 2 rings (SSSR count). The Balaban J connectivity index is 2.33. The molecule has 1 N–H and O–H groups in total. The maximum Gasteiger partial charge on any atom is 0.245 e. The van der Waals surface area contributed by atoms with Gasteiger partial charge in [-0.3, -0.25) is 9.10 Å². The van der Waals surface area contributed by atoms with Gasteiger partial charge in [-0.15, -0.1) is 0 Å². The zero-order chi connectivity index (χ0) is 20.2. The first-order valence-electron chi connectivity index (χ1n) is 8.23. The van der Waals surface area contributed by atoms with Gasteiger partial charge in [0.2, 0.25) is 15.9 Å². The van der Waals surface area contributed by atoms with Crippen molar-refractivity contribution in [3.63, 3.8) is 0 Å². The number of rotatable bonds is 7. The zero-order valence-electron chi connectivity index (χ0n) is 16.1. The lowest BCUT2D eigenvalue weighted by molar-refractivity contribution is -0.114. The van der Waals surface area contributed by atoms with Crippen LogP contribution < -0.4 is 19.1 Å². The fraction of sp³-hybridized carbons (Fsp3) is 0.316. The molecule has 0 saturated carbocycles. The van der Waals surface area contributed by atoms with Crippen LogP contribution in [0.15, 0.2) is 36.4 Å². The Labute approximate surface area is 160 Å². The van der Waals surface area contributed by atoms with E-state index in [-0.39, 0.29) is 12.2 Å². The summed E-state index contributed by atoms with van der Waals surface area (Å²) in [6.45, 7) is 3.46. The molecule has 0 unspecified atom stereocenters. The van der Waals surface area contributed by atoms with Gasteiger partial charge in [-0.1, -0.05) is 12.1 Å². The minimum Gasteiger partial charge on any atom is -0.497 e. The predicted octanol–water partition coefficient (Wildman–Crippen LogP) is 2.73. The number of hydrogen-bond acceptors (Lipinski definition) is 5. The van der Waals surface area contributed by atoms with E-state index in [1.54, 1.807) is 24.3 Å². The van der Waals surface area contributed by atoms with Crippen LogP contribution in [0, 0.1) is 13.8 Å². The number of ether oxygens (including phenoxy) is 2. The largest absolute Gasteiger partial charge is 0.497 e. The number of anilines is 2. The number of methoxy groups -OCH3 is 2. The van der Waals surface area contributed by atoms with Crippen molar-refractivity contribution >= 4 is 27.3 Å². The second-order valence-corrected chi connectivity index (χ2v) is 8.01. The van der Waals surface area contributed by atoms with Gasteiger partial charge in [-0.2, -0.15) is 0 Å². The van der Waals surface area contributed by atoms with E-state index in [9.17, 15) is 13.2 Å². The van der Waals surface area contributed by atoms with Crippen LogP contribution in [0.1, 0.15) is 11.1 Å². The van der Waals surface area contributed by atoms with Gasteiger partial charge < -0.3 is 14.8 Å². The van der Waals surface area contributed by atoms with Gasteiger partial charge in [-0.25, -0.2) is 8.42 Å². The van der Waals surface area contributed by atoms with Crippen LogP contribution in [-0.4, -0.2) is 41.3 Å². The standard InChI is InChI=1S/C19H24N2O5S/c1-13-7-6-8-16(14(13)2)20-19(22)12-21(27(5,23)24)17-10-9-15(25-3)11-18(17)26-4/h6-11H,12H2,1-5H3,(H,20,22). The maximum atomic E-state index is 12.5. The summed E-state index contributed by atoms with van der Waals surface area (Å²) in [6.07, 6.45) is 1.04. The Hall–Kier alpha value is -2.74. The van der Waals surface area contributed by atoms with E-state index in [4.69, 9.17) is 9.47 Å². The van der Waals surface area contributed by atoms with E-state index in [1.165, 1.54) is 14.2 Å². The second-order valence-electron chi connectivity index (χ2n) is 6.10. The molecule has 2 aromatic carbocycles. The van der Waals surface area contributed by atoms with Crippen molar-refractivity contribution in [1.82, 2.24) is 0 Å². The molecule has 0 saturated heterocycles. The summed E-state index contributed by atoms with van der Waals surface area (Å²) >= 11 is 0. The molecule has 27 heavy (non-hydrogen) atoms. The highest BCUT2D eigenvalue weighted by Crippen LogP contribution is 2.33. The van der Waals surface area contributed by atoms with Gasteiger partial charge >= 0.3 is 0 Å². The van der Waals surface area contributed by atoms with E-state index in [2.05, 4.69) is 5.32 Å². The first-order valence-corrected chi connectivity index (χ1v) is 10.1. The summed E-state index contributed by atoms with van der Waals surface area (Å²) in [5.41, 5.74) is 2.87. The molecule has 7 nitrogen and oxygen atoms in total. The van der Waals surface area contributed by atoms with Crippen LogP contribution in [-0.2, 0) is 14.8 Å². The number of nitrogens with one attached hydrogen (secondary N) is 1. The number of carbonyl (C=O) groups excluding carboxylic acids is 1. The van der Waals surface area contributed by atoms with Crippen molar-refractivity contribution in [2.45, 2.75) is 13.8 Å². The third kappa shape index (κ3) is 4.91. The SMILES string of the molecule is COc1ccc(N(CC(=O)Nc2cccc(C)c2C)S(C)(=O)=O)c(OC)c1. The van der Waals surface area contributed by atoms with E-state index in [0.717, 1.165) is 21.7 Å². The highest BCUT2D eigenvalue weighted by atomic mass is 32.2. The average molecular weight is 392 g/mol. The number of carbonyl (C=O) groups is 1. The molecule has 0 atom stereocenters. The number of nitrogens with zero attached hydrogens (tertiary/aromatic N) is 1. The van der Waals surface area contributed by atoms with Gasteiger partial charge in [0.1, 0.15) is 18.0 Å². The van der Waals surface area contributed by atoms with Crippen molar-refractivity contribution in [2.75, 3.05) is 36.6 Å². The van der Waals surface area contributed by atoms with E-state index in [1.807, 2.05) is 26.0 Å². The topological polar surface area (TPSA) is 84.9 Å².